The largest absolute Gasteiger partial charge is 0.356 e. The summed E-state index contributed by atoms with van der Waals surface area (Å²) >= 11 is 6.01. The predicted molar refractivity (Wildman–Crippen MR) is 105 cm³/mol. The maximum atomic E-state index is 13.7. The van der Waals surface area contributed by atoms with Gasteiger partial charge in [-0.3, -0.25) is 4.99 Å². The summed E-state index contributed by atoms with van der Waals surface area (Å²) in [5, 5.41) is 6.82. The maximum absolute atomic E-state index is 13.7. The molecule has 0 saturated heterocycles. The van der Waals surface area contributed by atoms with Gasteiger partial charge < -0.3 is 10.6 Å². The molecule has 0 amide bonds. The molecule has 2 aromatic rings. The van der Waals surface area contributed by atoms with Crippen molar-refractivity contribution in [3.63, 3.8) is 0 Å². The van der Waals surface area contributed by atoms with Gasteiger partial charge in [0.15, 0.2) is 5.96 Å². The van der Waals surface area contributed by atoms with E-state index in [-0.39, 0.29) is 29.8 Å². The zero-order chi connectivity index (χ0) is 15.8. The standard InChI is InChI=1S/C17H19ClFN3.HI/c1-20-17(22-12-13-6-3-2-4-7-13)21-11-10-14-15(18)8-5-9-16(14)19;/h2-9H,10-12H2,1H3,(H2,20,21,22);1H. The molecule has 23 heavy (non-hydrogen) atoms. The summed E-state index contributed by atoms with van der Waals surface area (Å²) in [5.74, 6) is 0.401. The molecular weight excluding hydrogens is 428 g/mol. The molecule has 0 atom stereocenters. The van der Waals surface area contributed by atoms with Gasteiger partial charge in [-0.1, -0.05) is 48.0 Å². The minimum Gasteiger partial charge on any atom is -0.356 e. The molecule has 2 N–H and O–H groups in total. The molecule has 0 aliphatic heterocycles. The minimum atomic E-state index is -0.276. The highest BCUT2D eigenvalue weighted by molar-refractivity contribution is 14.0. The van der Waals surface area contributed by atoms with Crippen LogP contribution in [-0.2, 0) is 13.0 Å². The first kappa shape index (κ1) is 19.7. The Morgan fingerprint density at radius 2 is 1.83 bits per heavy atom. The van der Waals surface area contributed by atoms with Gasteiger partial charge in [-0.2, -0.15) is 0 Å². The zero-order valence-corrected chi connectivity index (χ0v) is 15.9. The van der Waals surface area contributed by atoms with Crippen LogP contribution in [0.15, 0.2) is 53.5 Å². The number of benzene rings is 2. The predicted octanol–water partition coefficient (Wildman–Crippen LogP) is 4.00. The number of rotatable bonds is 5. The Morgan fingerprint density at radius 1 is 1.09 bits per heavy atom. The molecule has 6 heteroatoms. The van der Waals surface area contributed by atoms with Gasteiger partial charge in [0.1, 0.15) is 5.82 Å². The van der Waals surface area contributed by atoms with Crippen molar-refractivity contribution in [1.82, 2.24) is 10.6 Å². The quantitative estimate of drug-likeness (QED) is 0.413. The van der Waals surface area contributed by atoms with Crippen LogP contribution >= 0.6 is 35.6 Å². The molecule has 2 rings (SSSR count). The van der Waals surface area contributed by atoms with Crippen molar-refractivity contribution in [3.8, 4) is 0 Å². The third-order valence-electron chi connectivity index (χ3n) is 3.26. The number of guanidine groups is 1. The lowest BCUT2D eigenvalue weighted by Crippen LogP contribution is -2.37. The lowest BCUT2D eigenvalue weighted by molar-refractivity contribution is 0.607. The number of hydrogen-bond donors (Lipinski definition) is 2. The number of aliphatic imine (C=N–C) groups is 1. The van der Waals surface area contributed by atoms with Gasteiger partial charge in [0, 0.05) is 30.7 Å². The van der Waals surface area contributed by atoms with E-state index in [1.165, 1.54) is 11.6 Å². The van der Waals surface area contributed by atoms with Crippen molar-refractivity contribution in [2.24, 2.45) is 4.99 Å². The molecule has 0 unspecified atom stereocenters. The molecule has 0 fully saturated rings. The molecule has 3 nitrogen and oxygen atoms in total. The second-order valence-corrected chi connectivity index (χ2v) is 5.20. The van der Waals surface area contributed by atoms with Gasteiger partial charge in [0.2, 0.25) is 0 Å². The van der Waals surface area contributed by atoms with E-state index in [4.69, 9.17) is 11.6 Å². The summed E-state index contributed by atoms with van der Waals surface area (Å²) in [6, 6.07) is 14.8. The van der Waals surface area contributed by atoms with Gasteiger partial charge in [-0.25, -0.2) is 4.39 Å². The topological polar surface area (TPSA) is 36.4 Å². The fraction of sp³-hybridized carbons (Fsp3) is 0.235. The maximum Gasteiger partial charge on any atom is 0.191 e. The Morgan fingerprint density at radius 3 is 2.48 bits per heavy atom. The van der Waals surface area contributed by atoms with Crippen LogP contribution in [0, 0.1) is 5.82 Å². The van der Waals surface area contributed by atoms with E-state index < -0.39 is 0 Å². The van der Waals surface area contributed by atoms with E-state index in [0.29, 0.717) is 36.1 Å². The molecule has 0 aromatic heterocycles. The Kier molecular flexibility index (Phi) is 8.94. The molecule has 124 valence electrons. The average molecular weight is 448 g/mol. The molecule has 0 radical (unpaired) electrons. The van der Waals surface area contributed by atoms with E-state index in [2.05, 4.69) is 15.6 Å². The van der Waals surface area contributed by atoms with E-state index in [1.54, 1.807) is 19.2 Å². The monoisotopic (exact) mass is 447 g/mol. The second kappa shape index (κ2) is 10.4. The summed E-state index contributed by atoms with van der Waals surface area (Å²) in [7, 11) is 1.70. The van der Waals surface area contributed by atoms with Gasteiger partial charge >= 0.3 is 0 Å². The van der Waals surface area contributed by atoms with E-state index in [1.807, 2.05) is 30.3 Å². The van der Waals surface area contributed by atoms with Crippen LogP contribution in [0.1, 0.15) is 11.1 Å². The number of halogens is 3. The summed E-state index contributed by atoms with van der Waals surface area (Å²) in [6.45, 7) is 1.23. The highest BCUT2D eigenvalue weighted by atomic mass is 127. The van der Waals surface area contributed by atoms with Gasteiger partial charge in [0.25, 0.3) is 0 Å². The van der Waals surface area contributed by atoms with Crippen molar-refractivity contribution in [3.05, 3.63) is 70.5 Å². The average Bonchev–Trinajstić information content (AvgIpc) is 2.54. The third-order valence-corrected chi connectivity index (χ3v) is 3.61. The summed E-state index contributed by atoms with van der Waals surface area (Å²) in [4.78, 5) is 4.15. The first-order valence-corrected chi connectivity index (χ1v) is 7.50. The summed E-state index contributed by atoms with van der Waals surface area (Å²) < 4.78 is 13.7. The molecule has 0 heterocycles. The lowest BCUT2D eigenvalue weighted by atomic mass is 10.1. The first-order chi connectivity index (χ1) is 10.7. The summed E-state index contributed by atoms with van der Waals surface area (Å²) in [6.07, 6.45) is 0.498. The molecule has 0 spiro atoms. The van der Waals surface area contributed by atoms with Crippen LogP contribution in [0.4, 0.5) is 4.39 Å². The highest BCUT2D eigenvalue weighted by Crippen LogP contribution is 2.18. The van der Waals surface area contributed by atoms with Gasteiger partial charge in [0.05, 0.1) is 0 Å². The smallest absolute Gasteiger partial charge is 0.191 e. The molecule has 2 aromatic carbocycles. The second-order valence-electron chi connectivity index (χ2n) is 4.79. The first-order valence-electron chi connectivity index (χ1n) is 7.12. The number of nitrogens with one attached hydrogen (secondary N) is 2. The van der Waals surface area contributed by atoms with E-state index in [9.17, 15) is 4.39 Å². The van der Waals surface area contributed by atoms with E-state index in [0.717, 1.165) is 0 Å². The Hall–Kier alpha value is -1.34. The van der Waals surface area contributed by atoms with Crippen LogP contribution in [0.25, 0.3) is 0 Å². The van der Waals surface area contributed by atoms with Crippen molar-refractivity contribution in [1.29, 1.82) is 0 Å². The zero-order valence-electron chi connectivity index (χ0n) is 12.9. The molecular formula is C17H20ClFIN3. The number of hydrogen-bond acceptors (Lipinski definition) is 1. The summed E-state index contributed by atoms with van der Waals surface area (Å²) in [5.41, 5.74) is 1.69. The fourth-order valence-corrected chi connectivity index (χ4v) is 2.34. The normalized spacial score (nSPS) is 10.8. The third kappa shape index (κ3) is 6.35. The van der Waals surface area contributed by atoms with Crippen LogP contribution in [-0.4, -0.2) is 19.6 Å². The van der Waals surface area contributed by atoms with Crippen LogP contribution in [0.2, 0.25) is 5.02 Å². The highest BCUT2D eigenvalue weighted by Gasteiger charge is 2.06. The van der Waals surface area contributed by atoms with Crippen molar-refractivity contribution < 1.29 is 4.39 Å². The van der Waals surface area contributed by atoms with E-state index >= 15 is 0 Å². The van der Waals surface area contributed by atoms with Crippen molar-refractivity contribution >= 4 is 41.5 Å². The molecule has 0 bridgehead atoms. The fourth-order valence-electron chi connectivity index (χ4n) is 2.08. The molecule has 0 aliphatic carbocycles. The van der Waals surface area contributed by atoms with Crippen LogP contribution in [0.3, 0.4) is 0 Å². The van der Waals surface area contributed by atoms with Gasteiger partial charge in [-0.05, 0) is 24.1 Å². The minimum absolute atomic E-state index is 0. The Labute approximate surface area is 158 Å². The van der Waals surface area contributed by atoms with Crippen molar-refractivity contribution in [2.75, 3.05) is 13.6 Å². The Bertz CT molecular complexity index is 615. The SMILES string of the molecule is CN=C(NCCc1c(F)cccc1Cl)NCc1ccccc1.I. The Balaban J connectivity index is 0.00000264. The number of nitrogens with zero attached hydrogens (tertiary/aromatic N) is 1. The molecule has 0 saturated carbocycles. The van der Waals surface area contributed by atoms with Crippen molar-refractivity contribution in [2.45, 2.75) is 13.0 Å². The molecule has 0 aliphatic rings. The van der Waals surface area contributed by atoms with Crippen LogP contribution < -0.4 is 10.6 Å². The van der Waals surface area contributed by atoms with Gasteiger partial charge in [-0.15, -0.1) is 24.0 Å². The van der Waals surface area contributed by atoms with Crippen LogP contribution in [0.5, 0.6) is 0 Å². The lowest BCUT2D eigenvalue weighted by Gasteiger charge is -2.12.